The maximum atomic E-state index is 6.65. The van der Waals surface area contributed by atoms with E-state index in [4.69, 9.17) is 5.73 Å². The standard InChI is InChI=1S/C17H27N/c1-14-8-9-16(12-15(14)2)13-17(18)10-6-4-3-5-7-11-17/h8-9,12H,3-7,10-11,13,18H2,1-2H3. The highest BCUT2D eigenvalue weighted by molar-refractivity contribution is 5.31. The van der Waals surface area contributed by atoms with E-state index in [0.29, 0.717) is 0 Å². The molecule has 100 valence electrons. The van der Waals surface area contributed by atoms with E-state index >= 15 is 0 Å². The zero-order chi connectivity index (χ0) is 13.0. The highest BCUT2D eigenvalue weighted by Gasteiger charge is 2.25. The molecular weight excluding hydrogens is 218 g/mol. The fourth-order valence-electron chi connectivity index (χ4n) is 3.11. The summed E-state index contributed by atoms with van der Waals surface area (Å²) in [6.45, 7) is 4.37. The van der Waals surface area contributed by atoms with Gasteiger partial charge in [-0.1, -0.05) is 50.3 Å². The normalized spacial score (nSPS) is 20.2. The molecule has 0 bridgehead atoms. The van der Waals surface area contributed by atoms with Gasteiger partial charge in [-0.3, -0.25) is 0 Å². The second kappa shape index (κ2) is 5.88. The molecule has 1 heteroatoms. The van der Waals surface area contributed by atoms with Crippen LogP contribution in [0.2, 0.25) is 0 Å². The number of benzene rings is 1. The lowest BCUT2D eigenvalue weighted by atomic mass is 9.80. The molecule has 0 aromatic heterocycles. The van der Waals surface area contributed by atoms with Crippen molar-refractivity contribution in [3.8, 4) is 0 Å². The molecule has 1 aromatic rings. The van der Waals surface area contributed by atoms with E-state index in [-0.39, 0.29) is 5.54 Å². The third-order valence-electron chi connectivity index (χ3n) is 4.48. The van der Waals surface area contributed by atoms with Crippen molar-refractivity contribution in [2.24, 2.45) is 5.73 Å². The molecule has 1 aliphatic carbocycles. The first-order valence-corrected chi connectivity index (χ1v) is 7.44. The van der Waals surface area contributed by atoms with Gasteiger partial charge in [0.05, 0.1) is 0 Å². The van der Waals surface area contributed by atoms with E-state index in [1.165, 1.54) is 61.6 Å². The zero-order valence-electron chi connectivity index (χ0n) is 12.0. The van der Waals surface area contributed by atoms with Crippen LogP contribution in [0.15, 0.2) is 18.2 Å². The van der Waals surface area contributed by atoms with Gasteiger partial charge < -0.3 is 5.73 Å². The average molecular weight is 245 g/mol. The summed E-state index contributed by atoms with van der Waals surface area (Å²) in [4.78, 5) is 0. The first-order valence-electron chi connectivity index (χ1n) is 7.44. The summed E-state index contributed by atoms with van der Waals surface area (Å²) < 4.78 is 0. The Bertz CT molecular complexity index is 387. The fourth-order valence-corrected chi connectivity index (χ4v) is 3.11. The molecule has 0 amide bonds. The molecule has 1 aromatic carbocycles. The van der Waals surface area contributed by atoms with Gasteiger partial charge in [0.1, 0.15) is 0 Å². The highest BCUT2D eigenvalue weighted by Crippen LogP contribution is 2.28. The molecule has 0 unspecified atom stereocenters. The highest BCUT2D eigenvalue weighted by atomic mass is 14.7. The van der Waals surface area contributed by atoms with Crippen molar-refractivity contribution in [3.05, 3.63) is 34.9 Å². The quantitative estimate of drug-likeness (QED) is 0.826. The predicted molar refractivity (Wildman–Crippen MR) is 78.9 cm³/mol. The number of hydrogen-bond acceptors (Lipinski definition) is 1. The van der Waals surface area contributed by atoms with Gasteiger partial charge in [0.15, 0.2) is 0 Å². The summed E-state index contributed by atoms with van der Waals surface area (Å²) in [7, 11) is 0. The largest absolute Gasteiger partial charge is 0.325 e. The van der Waals surface area contributed by atoms with Crippen molar-refractivity contribution >= 4 is 0 Å². The van der Waals surface area contributed by atoms with Crippen molar-refractivity contribution in [1.82, 2.24) is 0 Å². The lowest BCUT2D eigenvalue weighted by molar-refractivity contribution is 0.314. The molecule has 1 fully saturated rings. The zero-order valence-corrected chi connectivity index (χ0v) is 12.0. The number of nitrogens with two attached hydrogens (primary N) is 1. The summed E-state index contributed by atoms with van der Waals surface area (Å²) in [5.41, 5.74) is 10.9. The van der Waals surface area contributed by atoms with Gasteiger partial charge in [0, 0.05) is 5.54 Å². The summed E-state index contributed by atoms with van der Waals surface area (Å²) in [6, 6.07) is 6.81. The Morgan fingerprint density at radius 3 is 2.17 bits per heavy atom. The van der Waals surface area contributed by atoms with E-state index in [1.807, 2.05) is 0 Å². The Balaban J connectivity index is 2.07. The van der Waals surface area contributed by atoms with Crippen LogP contribution < -0.4 is 5.73 Å². The Labute approximate surface area is 112 Å². The van der Waals surface area contributed by atoms with Gasteiger partial charge >= 0.3 is 0 Å². The molecule has 2 rings (SSSR count). The summed E-state index contributed by atoms with van der Waals surface area (Å²) >= 11 is 0. The molecule has 0 heterocycles. The molecule has 1 nitrogen and oxygen atoms in total. The van der Waals surface area contributed by atoms with Gasteiger partial charge in [0.25, 0.3) is 0 Å². The van der Waals surface area contributed by atoms with E-state index < -0.39 is 0 Å². The monoisotopic (exact) mass is 245 g/mol. The Morgan fingerprint density at radius 2 is 1.56 bits per heavy atom. The maximum Gasteiger partial charge on any atom is 0.0195 e. The van der Waals surface area contributed by atoms with Crippen molar-refractivity contribution in [2.75, 3.05) is 0 Å². The molecule has 1 aliphatic rings. The molecule has 0 radical (unpaired) electrons. The minimum absolute atomic E-state index is 0.0438. The second-order valence-corrected chi connectivity index (χ2v) is 6.23. The number of aryl methyl sites for hydroxylation is 2. The number of hydrogen-bond donors (Lipinski definition) is 1. The Morgan fingerprint density at radius 1 is 0.944 bits per heavy atom. The van der Waals surface area contributed by atoms with Crippen LogP contribution >= 0.6 is 0 Å². The van der Waals surface area contributed by atoms with Crippen LogP contribution in [-0.2, 0) is 6.42 Å². The first-order chi connectivity index (χ1) is 8.59. The van der Waals surface area contributed by atoms with Crippen molar-refractivity contribution < 1.29 is 0 Å². The topological polar surface area (TPSA) is 26.0 Å². The van der Waals surface area contributed by atoms with Gasteiger partial charge in [-0.05, 0) is 49.8 Å². The smallest absolute Gasteiger partial charge is 0.0195 e. The SMILES string of the molecule is Cc1ccc(CC2(N)CCCCCCC2)cc1C. The maximum absolute atomic E-state index is 6.65. The third kappa shape index (κ3) is 3.58. The Kier molecular flexibility index (Phi) is 4.45. The minimum atomic E-state index is 0.0438. The first kappa shape index (κ1) is 13.6. The lowest BCUT2D eigenvalue weighted by Crippen LogP contribution is -2.42. The van der Waals surface area contributed by atoms with E-state index in [0.717, 1.165) is 6.42 Å². The molecule has 2 N–H and O–H groups in total. The average Bonchev–Trinajstić information content (AvgIpc) is 2.30. The van der Waals surface area contributed by atoms with Crippen LogP contribution in [0.3, 0.4) is 0 Å². The van der Waals surface area contributed by atoms with Crippen LogP contribution in [0.4, 0.5) is 0 Å². The van der Waals surface area contributed by atoms with Crippen LogP contribution in [0.5, 0.6) is 0 Å². The fraction of sp³-hybridized carbons (Fsp3) is 0.647. The lowest BCUT2D eigenvalue weighted by Gasteiger charge is -2.32. The molecule has 0 saturated heterocycles. The van der Waals surface area contributed by atoms with E-state index in [2.05, 4.69) is 32.0 Å². The van der Waals surface area contributed by atoms with E-state index in [1.54, 1.807) is 0 Å². The van der Waals surface area contributed by atoms with Crippen molar-refractivity contribution in [1.29, 1.82) is 0 Å². The van der Waals surface area contributed by atoms with Crippen LogP contribution in [0, 0.1) is 13.8 Å². The number of rotatable bonds is 2. The van der Waals surface area contributed by atoms with Gasteiger partial charge in [-0.25, -0.2) is 0 Å². The van der Waals surface area contributed by atoms with Gasteiger partial charge in [-0.15, -0.1) is 0 Å². The predicted octanol–water partition coefficient (Wildman–Crippen LogP) is 4.29. The molecular formula is C17H27N. The summed E-state index contributed by atoms with van der Waals surface area (Å²) in [5.74, 6) is 0. The van der Waals surface area contributed by atoms with Gasteiger partial charge in [-0.2, -0.15) is 0 Å². The summed E-state index contributed by atoms with van der Waals surface area (Å²) in [5, 5.41) is 0. The van der Waals surface area contributed by atoms with Crippen molar-refractivity contribution in [3.63, 3.8) is 0 Å². The van der Waals surface area contributed by atoms with E-state index in [9.17, 15) is 0 Å². The second-order valence-electron chi connectivity index (χ2n) is 6.23. The summed E-state index contributed by atoms with van der Waals surface area (Å²) in [6.07, 6.45) is 10.2. The third-order valence-corrected chi connectivity index (χ3v) is 4.48. The molecule has 18 heavy (non-hydrogen) atoms. The molecule has 1 saturated carbocycles. The van der Waals surface area contributed by atoms with Gasteiger partial charge in [0.2, 0.25) is 0 Å². The minimum Gasteiger partial charge on any atom is -0.325 e. The molecule has 0 atom stereocenters. The van der Waals surface area contributed by atoms with Crippen LogP contribution in [0.1, 0.15) is 61.6 Å². The van der Waals surface area contributed by atoms with Crippen LogP contribution in [0.25, 0.3) is 0 Å². The molecule has 0 spiro atoms. The Hall–Kier alpha value is -0.820. The van der Waals surface area contributed by atoms with Crippen molar-refractivity contribution in [2.45, 2.75) is 70.8 Å². The molecule has 0 aliphatic heterocycles. The van der Waals surface area contributed by atoms with Crippen LogP contribution in [-0.4, -0.2) is 5.54 Å².